The zero-order chi connectivity index (χ0) is 21.3. The summed E-state index contributed by atoms with van der Waals surface area (Å²) < 4.78 is 5.91. The minimum atomic E-state index is -0.811. The molecule has 0 heterocycles. The highest BCUT2D eigenvalue weighted by Crippen LogP contribution is 2.25. The Labute approximate surface area is 176 Å². The lowest BCUT2D eigenvalue weighted by atomic mass is 10.0. The minimum Gasteiger partial charge on any atom is -0.481 e. The Balaban J connectivity index is 1.59. The number of hydrogen-bond acceptors (Lipinski definition) is 3. The SMILES string of the molecule is Cc1cc(Oc2cccc(C(=O)NCCc3ccccc3)c2)ccc1CCC(=O)O. The number of carbonyl (C=O) groups is 2. The molecule has 0 atom stereocenters. The number of ether oxygens (including phenoxy) is 1. The molecule has 3 aromatic rings. The first-order valence-corrected chi connectivity index (χ1v) is 9.92. The fourth-order valence-electron chi connectivity index (χ4n) is 3.16. The molecule has 154 valence electrons. The molecule has 3 aromatic carbocycles. The van der Waals surface area contributed by atoms with E-state index in [9.17, 15) is 9.59 Å². The summed E-state index contributed by atoms with van der Waals surface area (Å²) >= 11 is 0. The number of benzene rings is 3. The molecule has 5 heteroatoms. The second-order valence-electron chi connectivity index (χ2n) is 7.10. The minimum absolute atomic E-state index is 0.0997. The number of carboxylic acid groups (broad SMARTS) is 1. The van der Waals surface area contributed by atoms with Gasteiger partial charge in [-0.2, -0.15) is 0 Å². The van der Waals surface area contributed by atoms with Gasteiger partial charge in [-0.25, -0.2) is 0 Å². The zero-order valence-corrected chi connectivity index (χ0v) is 16.9. The fraction of sp³-hybridized carbons (Fsp3) is 0.200. The smallest absolute Gasteiger partial charge is 0.303 e. The summed E-state index contributed by atoms with van der Waals surface area (Å²) in [7, 11) is 0. The lowest BCUT2D eigenvalue weighted by Crippen LogP contribution is -2.25. The molecule has 0 bridgehead atoms. The molecule has 0 saturated heterocycles. The van der Waals surface area contributed by atoms with Gasteiger partial charge in [-0.15, -0.1) is 0 Å². The largest absolute Gasteiger partial charge is 0.481 e. The molecule has 0 saturated carbocycles. The van der Waals surface area contributed by atoms with E-state index in [0.29, 0.717) is 30.0 Å². The molecule has 0 unspecified atom stereocenters. The fourth-order valence-corrected chi connectivity index (χ4v) is 3.16. The van der Waals surface area contributed by atoms with Crippen LogP contribution >= 0.6 is 0 Å². The predicted molar refractivity (Wildman–Crippen MR) is 116 cm³/mol. The number of amides is 1. The van der Waals surface area contributed by atoms with Crippen LogP contribution in [0.4, 0.5) is 0 Å². The quantitative estimate of drug-likeness (QED) is 0.539. The lowest BCUT2D eigenvalue weighted by molar-refractivity contribution is -0.136. The summed E-state index contributed by atoms with van der Waals surface area (Å²) in [5, 5.41) is 11.8. The van der Waals surface area contributed by atoms with Gasteiger partial charge in [0.05, 0.1) is 0 Å². The summed E-state index contributed by atoms with van der Waals surface area (Å²) in [6.45, 7) is 2.49. The van der Waals surface area contributed by atoms with Crippen molar-refractivity contribution >= 4 is 11.9 Å². The lowest BCUT2D eigenvalue weighted by Gasteiger charge is -2.11. The Kier molecular flexibility index (Phi) is 7.22. The van der Waals surface area contributed by atoms with E-state index >= 15 is 0 Å². The molecule has 0 aliphatic heterocycles. The molecule has 5 nitrogen and oxygen atoms in total. The molecule has 0 spiro atoms. The molecule has 1 amide bonds. The van der Waals surface area contributed by atoms with Crippen molar-refractivity contribution in [2.45, 2.75) is 26.2 Å². The van der Waals surface area contributed by atoms with Gasteiger partial charge in [0.15, 0.2) is 0 Å². The second-order valence-corrected chi connectivity index (χ2v) is 7.10. The van der Waals surface area contributed by atoms with Crippen LogP contribution < -0.4 is 10.1 Å². The van der Waals surface area contributed by atoms with Gasteiger partial charge in [-0.1, -0.05) is 42.5 Å². The predicted octanol–water partition coefficient (Wildman–Crippen LogP) is 4.78. The Bertz CT molecular complexity index is 1010. The summed E-state index contributed by atoms with van der Waals surface area (Å²) in [6, 6.07) is 22.6. The molecule has 0 aromatic heterocycles. The van der Waals surface area contributed by atoms with Crippen LogP contribution in [0.5, 0.6) is 11.5 Å². The van der Waals surface area contributed by atoms with Gasteiger partial charge in [-0.3, -0.25) is 9.59 Å². The van der Waals surface area contributed by atoms with Crippen LogP contribution in [-0.4, -0.2) is 23.5 Å². The number of carbonyl (C=O) groups excluding carboxylic acids is 1. The van der Waals surface area contributed by atoms with Crippen LogP contribution in [-0.2, 0) is 17.6 Å². The number of aliphatic carboxylic acids is 1. The third-order valence-electron chi connectivity index (χ3n) is 4.80. The molecule has 0 radical (unpaired) electrons. The van der Waals surface area contributed by atoms with Gasteiger partial charge in [0.25, 0.3) is 5.91 Å². The number of hydrogen-bond donors (Lipinski definition) is 2. The van der Waals surface area contributed by atoms with Crippen molar-refractivity contribution in [1.29, 1.82) is 0 Å². The van der Waals surface area contributed by atoms with E-state index in [0.717, 1.165) is 17.5 Å². The average Bonchev–Trinajstić information content (AvgIpc) is 2.74. The molecular formula is C25H25NO4. The van der Waals surface area contributed by atoms with Crippen LogP contribution in [0, 0.1) is 6.92 Å². The van der Waals surface area contributed by atoms with Gasteiger partial charge in [0, 0.05) is 18.5 Å². The van der Waals surface area contributed by atoms with Gasteiger partial charge in [-0.05, 0) is 66.8 Å². The summed E-state index contributed by atoms with van der Waals surface area (Å²) in [6.07, 6.45) is 1.36. The summed E-state index contributed by atoms with van der Waals surface area (Å²) in [4.78, 5) is 23.2. The van der Waals surface area contributed by atoms with Crippen molar-refractivity contribution in [3.05, 3.63) is 95.1 Å². The van der Waals surface area contributed by atoms with Crippen LogP contribution in [0.1, 0.15) is 33.5 Å². The maximum atomic E-state index is 12.5. The van der Waals surface area contributed by atoms with Crippen LogP contribution in [0.15, 0.2) is 72.8 Å². The topological polar surface area (TPSA) is 75.6 Å². The highest BCUT2D eigenvalue weighted by Gasteiger charge is 2.08. The van der Waals surface area contributed by atoms with E-state index in [1.165, 1.54) is 5.56 Å². The summed E-state index contributed by atoms with van der Waals surface area (Å²) in [5.74, 6) is 0.266. The number of rotatable bonds is 9. The molecule has 0 fully saturated rings. The molecule has 0 aliphatic carbocycles. The van der Waals surface area contributed by atoms with Crippen molar-refractivity contribution in [1.82, 2.24) is 5.32 Å². The first kappa shape index (κ1) is 21.1. The van der Waals surface area contributed by atoms with E-state index in [1.54, 1.807) is 24.3 Å². The monoisotopic (exact) mass is 403 g/mol. The Morgan fingerprint density at radius 3 is 2.40 bits per heavy atom. The first-order chi connectivity index (χ1) is 14.5. The number of aryl methyl sites for hydroxylation is 2. The molecule has 2 N–H and O–H groups in total. The van der Waals surface area contributed by atoms with E-state index in [4.69, 9.17) is 9.84 Å². The van der Waals surface area contributed by atoms with Crippen LogP contribution in [0.3, 0.4) is 0 Å². The van der Waals surface area contributed by atoms with Crippen molar-refractivity contribution < 1.29 is 19.4 Å². The molecule has 0 aliphatic rings. The van der Waals surface area contributed by atoms with Gasteiger partial charge in [0.2, 0.25) is 0 Å². The van der Waals surface area contributed by atoms with Crippen LogP contribution in [0.2, 0.25) is 0 Å². The van der Waals surface area contributed by atoms with E-state index in [-0.39, 0.29) is 12.3 Å². The maximum absolute atomic E-state index is 12.5. The normalized spacial score (nSPS) is 10.4. The third kappa shape index (κ3) is 6.21. The Morgan fingerprint density at radius 2 is 1.67 bits per heavy atom. The summed E-state index contributed by atoms with van der Waals surface area (Å²) in [5.41, 5.74) is 3.67. The van der Waals surface area contributed by atoms with Crippen molar-refractivity contribution in [2.24, 2.45) is 0 Å². The highest BCUT2D eigenvalue weighted by molar-refractivity contribution is 5.94. The van der Waals surface area contributed by atoms with Gasteiger partial charge < -0.3 is 15.2 Å². The van der Waals surface area contributed by atoms with Gasteiger partial charge >= 0.3 is 5.97 Å². The van der Waals surface area contributed by atoms with Crippen molar-refractivity contribution in [2.75, 3.05) is 6.54 Å². The molecule has 3 rings (SSSR count). The van der Waals surface area contributed by atoms with Crippen LogP contribution in [0.25, 0.3) is 0 Å². The van der Waals surface area contributed by atoms with Gasteiger partial charge in [0.1, 0.15) is 11.5 Å². The number of nitrogens with one attached hydrogen (secondary N) is 1. The van der Waals surface area contributed by atoms with E-state index in [2.05, 4.69) is 5.32 Å². The Hall–Kier alpha value is -3.60. The number of carboxylic acids is 1. The zero-order valence-electron chi connectivity index (χ0n) is 16.9. The first-order valence-electron chi connectivity index (χ1n) is 9.92. The third-order valence-corrected chi connectivity index (χ3v) is 4.80. The molecule has 30 heavy (non-hydrogen) atoms. The molecular weight excluding hydrogens is 378 g/mol. The van der Waals surface area contributed by atoms with E-state index < -0.39 is 5.97 Å². The van der Waals surface area contributed by atoms with E-state index in [1.807, 2.05) is 55.5 Å². The second kappa shape index (κ2) is 10.3. The highest BCUT2D eigenvalue weighted by atomic mass is 16.5. The average molecular weight is 403 g/mol. The maximum Gasteiger partial charge on any atom is 0.303 e. The Morgan fingerprint density at radius 1 is 0.900 bits per heavy atom. The standard InChI is InChI=1S/C25H25NO4/c1-18-16-23(12-10-20(18)11-13-24(27)28)30-22-9-5-8-21(17-22)25(29)26-15-14-19-6-3-2-4-7-19/h2-10,12,16-17H,11,13-15H2,1H3,(H,26,29)(H,27,28). The van der Waals surface area contributed by atoms with Crippen molar-refractivity contribution in [3.63, 3.8) is 0 Å². The van der Waals surface area contributed by atoms with Crippen molar-refractivity contribution in [3.8, 4) is 11.5 Å².